The average molecular weight is 652 g/mol. The van der Waals surface area contributed by atoms with Gasteiger partial charge in [0.15, 0.2) is 6.10 Å². The minimum atomic E-state index is -1.02. The second-order valence-corrected chi connectivity index (χ2v) is 12.8. The van der Waals surface area contributed by atoms with E-state index in [9.17, 15) is 14.4 Å². The van der Waals surface area contributed by atoms with E-state index in [4.69, 9.17) is 22.1 Å². The Morgan fingerprint density at radius 2 is 1.82 bits per heavy atom. The molecule has 1 aromatic carbocycles. The third-order valence-corrected chi connectivity index (χ3v) is 10.1. The second kappa shape index (κ2) is 13.5. The molecule has 2 saturated heterocycles. The van der Waals surface area contributed by atoms with Crippen LogP contribution in [0.1, 0.15) is 36.5 Å². The van der Waals surface area contributed by atoms with Crippen molar-refractivity contribution in [3.05, 3.63) is 69.1 Å². The van der Waals surface area contributed by atoms with E-state index in [0.29, 0.717) is 75.8 Å². The Kier molecular flexibility index (Phi) is 9.32. The van der Waals surface area contributed by atoms with Crippen molar-refractivity contribution >= 4 is 58.0 Å². The van der Waals surface area contributed by atoms with Crippen molar-refractivity contribution in [3.8, 4) is 0 Å². The zero-order valence-electron chi connectivity index (χ0n) is 25.3. The van der Waals surface area contributed by atoms with Crippen LogP contribution < -0.4 is 16.0 Å². The number of piperidine rings is 1. The average Bonchev–Trinajstić information content (AvgIpc) is 3.53. The SMILES string of the molecule is CCc1cc(C[C@@H](OC(=O)N2CCC(N3Cc4cscc4NC3=O)CC2)C(=O)N2CCN(c3ccncc3)CC2)cc(Cl)c1N. The van der Waals surface area contributed by atoms with Crippen molar-refractivity contribution in [3.63, 3.8) is 0 Å². The summed E-state index contributed by atoms with van der Waals surface area (Å²) in [5.41, 5.74) is 11.4. The lowest BCUT2D eigenvalue weighted by molar-refractivity contribution is -0.141. The van der Waals surface area contributed by atoms with Gasteiger partial charge in [0.25, 0.3) is 5.91 Å². The van der Waals surface area contributed by atoms with Gasteiger partial charge in [0.2, 0.25) is 0 Å². The van der Waals surface area contributed by atoms with Gasteiger partial charge >= 0.3 is 12.1 Å². The number of nitrogens with one attached hydrogen (secondary N) is 1. The first-order valence-electron chi connectivity index (χ1n) is 15.4. The molecule has 0 spiro atoms. The molecule has 4 amide bonds. The number of nitrogens with two attached hydrogens (primary N) is 1. The number of likely N-dealkylation sites (tertiary alicyclic amines) is 1. The van der Waals surface area contributed by atoms with Crippen LogP contribution >= 0.6 is 22.9 Å². The Bertz CT molecular complexity index is 1540. The summed E-state index contributed by atoms with van der Waals surface area (Å²) in [6.07, 6.45) is 4.11. The molecule has 3 aromatic rings. The second-order valence-electron chi connectivity index (χ2n) is 11.7. The number of nitrogens with zero attached hydrogens (tertiary/aromatic N) is 5. The third kappa shape index (κ3) is 6.81. The zero-order chi connectivity index (χ0) is 31.5. The van der Waals surface area contributed by atoms with Crippen molar-refractivity contribution in [2.75, 3.05) is 55.2 Å². The van der Waals surface area contributed by atoms with Gasteiger partial charge in [-0.1, -0.05) is 24.6 Å². The number of hydrogen-bond acceptors (Lipinski definition) is 8. The molecule has 0 unspecified atom stereocenters. The Morgan fingerprint density at radius 1 is 1.09 bits per heavy atom. The highest BCUT2D eigenvalue weighted by Gasteiger charge is 2.36. The fourth-order valence-electron chi connectivity index (χ4n) is 6.33. The molecule has 1 atom stereocenters. The first kappa shape index (κ1) is 31.0. The number of halogens is 1. The van der Waals surface area contributed by atoms with Crippen LogP contribution in [-0.4, -0.2) is 89.1 Å². The molecule has 5 heterocycles. The molecule has 3 aliphatic rings. The van der Waals surface area contributed by atoms with Crippen LogP contribution in [0.3, 0.4) is 0 Å². The number of amides is 4. The molecule has 45 heavy (non-hydrogen) atoms. The topological polar surface area (TPSA) is 124 Å². The highest BCUT2D eigenvalue weighted by atomic mass is 35.5. The summed E-state index contributed by atoms with van der Waals surface area (Å²) in [5.74, 6) is -0.227. The van der Waals surface area contributed by atoms with Gasteiger partial charge in [-0.05, 0) is 54.0 Å². The van der Waals surface area contributed by atoms with Gasteiger partial charge in [-0.15, -0.1) is 11.3 Å². The van der Waals surface area contributed by atoms with Crippen LogP contribution in [0.2, 0.25) is 5.02 Å². The smallest absolute Gasteiger partial charge is 0.410 e. The fourth-order valence-corrected chi connectivity index (χ4v) is 7.38. The Balaban J connectivity index is 1.12. The van der Waals surface area contributed by atoms with Crippen LogP contribution in [-0.2, 0) is 28.9 Å². The van der Waals surface area contributed by atoms with E-state index in [2.05, 4.69) is 20.6 Å². The van der Waals surface area contributed by atoms with Gasteiger partial charge in [0, 0.05) is 80.8 Å². The van der Waals surface area contributed by atoms with Crippen LogP contribution in [0, 0.1) is 0 Å². The lowest BCUT2D eigenvalue weighted by Gasteiger charge is -2.40. The van der Waals surface area contributed by atoms with Crippen molar-refractivity contribution in [2.45, 2.75) is 51.3 Å². The summed E-state index contributed by atoms with van der Waals surface area (Å²) >= 11 is 8.01. The van der Waals surface area contributed by atoms with E-state index in [-0.39, 0.29) is 24.4 Å². The predicted octanol–water partition coefficient (Wildman–Crippen LogP) is 4.85. The molecule has 11 nitrogen and oxygen atoms in total. The van der Waals surface area contributed by atoms with Gasteiger partial charge in [0.1, 0.15) is 0 Å². The number of carbonyl (C=O) groups excluding carboxylic acids is 3. The molecule has 6 rings (SSSR count). The molecular weight excluding hydrogens is 614 g/mol. The molecular formula is C32H38ClN7O4S. The molecule has 238 valence electrons. The normalized spacial score (nSPS) is 18.0. The number of ether oxygens (including phenoxy) is 1. The number of thiophene rings is 1. The number of nitrogen functional groups attached to an aromatic ring is 1. The molecule has 2 aromatic heterocycles. The van der Waals surface area contributed by atoms with E-state index < -0.39 is 12.2 Å². The van der Waals surface area contributed by atoms with E-state index in [1.54, 1.807) is 39.6 Å². The summed E-state index contributed by atoms with van der Waals surface area (Å²) in [4.78, 5) is 51.8. The maximum absolute atomic E-state index is 13.9. The van der Waals surface area contributed by atoms with E-state index >= 15 is 0 Å². The largest absolute Gasteiger partial charge is 0.436 e. The number of pyridine rings is 1. The lowest BCUT2D eigenvalue weighted by Crippen LogP contribution is -2.54. The van der Waals surface area contributed by atoms with Crippen molar-refractivity contribution in [1.82, 2.24) is 19.7 Å². The van der Waals surface area contributed by atoms with Crippen LogP contribution in [0.15, 0.2) is 47.4 Å². The molecule has 2 fully saturated rings. The summed E-state index contributed by atoms with van der Waals surface area (Å²) in [6, 6.07) is 7.51. The van der Waals surface area contributed by atoms with Crippen molar-refractivity contribution in [2.24, 2.45) is 0 Å². The van der Waals surface area contributed by atoms with Gasteiger partial charge in [-0.25, -0.2) is 9.59 Å². The summed E-state index contributed by atoms with van der Waals surface area (Å²) < 4.78 is 6.01. The van der Waals surface area contributed by atoms with Gasteiger partial charge < -0.3 is 35.4 Å². The van der Waals surface area contributed by atoms with Crippen LogP contribution in [0.5, 0.6) is 0 Å². The molecule has 13 heteroatoms. The van der Waals surface area contributed by atoms with Gasteiger partial charge in [-0.2, -0.15) is 0 Å². The summed E-state index contributed by atoms with van der Waals surface area (Å²) in [6.45, 7) is 5.76. The monoisotopic (exact) mass is 651 g/mol. The maximum atomic E-state index is 13.9. The summed E-state index contributed by atoms with van der Waals surface area (Å²) in [5, 5.41) is 7.40. The maximum Gasteiger partial charge on any atom is 0.410 e. The van der Waals surface area contributed by atoms with Crippen LogP contribution in [0.4, 0.5) is 26.7 Å². The van der Waals surface area contributed by atoms with Crippen molar-refractivity contribution < 1.29 is 19.1 Å². The number of fused-ring (bicyclic) bond motifs is 1. The molecule has 0 radical (unpaired) electrons. The van der Waals surface area contributed by atoms with Crippen molar-refractivity contribution in [1.29, 1.82) is 0 Å². The highest BCUT2D eigenvalue weighted by Crippen LogP contribution is 2.31. The predicted molar refractivity (Wildman–Crippen MR) is 176 cm³/mol. The zero-order valence-corrected chi connectivity index (χ0v) is 26.9. The quantitative estimate of drug-likeness (QED) is 0.350. The first-order chi connectivity index (χ1) is 21.8. The van der Waals surface area contributed by atoms with E-state index in [1.165, 1.54) is 0 Å². The number of carbonyl (C=O) groups is 3. The number of anilines is 3. The highest BCUT2D eigenvalue weighted by molar-refractivity contribution is 7.08. The molecule has 3 N–H and O–H groups in total. The Morgan fingerprint density at radius 3 is 2.53 bits per heavy atom. The number of aromatic nitrogens is 1. The van der Waals surface area contributed by atoms with E-state index in [1.807, 2.05) is 35.4 Å². The minimum absolute atomic E-state index is 0.0144. The first-order valence-corrected chi connectivity index (χ1v) is 16.7. The number of benzene rings is 1. The van der Waals surface area contributed by atoms with E-state index in [0.717, 1.165) is 28.1 Å². The number of piperazine rings is 1. The molecule has 0 bridgehead atoms. The number of urea groups is 1. The Hall–Kier alpha value is -4.03. The number of aryl methyl sites for hydroxylation is 1. The Labute approximate surface area is 271 Å². The summed E-state index contributed by atoms with van der Waals surface area (Å²) in [7, 11) is 0. The third-order valence-electron chi connectivity index (χ3n) is 8.96. The molecule has 0 aliphatic carbocycles. The van der Waals surface area contributed by atoms with Crippen LogP contribution in [0.25, 0.3) is 0 Å². The fraction of sp³-hybridized carbons (Fsp3) is 0.438. The number of hydrogen-bond donors (Lipinski definition) is 2. The molecule has 3 aliphatic heterocycles. The standard InChI is InChI=1S/C32H38ClN7O4S/c1-2-22-15-21(16-26(33)29(22)34)17-28(30(41)38-13-11-37(12-14-38)24-3-7-35-8-4-24)44-32(43)39-9-5-25(6-10-39)40-18-23-19-45-20-27(23)36-31(40)42/h3-4,7-8,15-16,19-20,25,28H,2,5-6,9-14,17-18,34H2,1H3,(H,36,42)/t28-/m1/s1. The van der Waals surface area contributed by atoms with Gasteiger partial charge in [0.05, 0.1) is 22.9 Å². The molecule has 0 saturated carbocycles. The lowest BCUT2D eigenvalue weighted by atomic mass is 10.0. The van der Waals surface area contributed by atoms with Gasteiger partial charge in [-0.3, -0.25) is 9.78 Å². The number of rotatable bonds is 7. The minimum Gasteiger partial charge on any atom is -0.436 e.